The molecule has 0 unspecified atom stereocenters. The van der Waals surface area contributed by atoms with Gasteiger partial charge in [-0.25, -0.2) is 4.79 Å². The van der Waals surface area contributed by atoms with Gasteiger partial charge in [-0.2, -0.15) is 0 Å². The number of aromatic carboxylic acids is 1. The van der Waals surface area contributed by atoms with Crippen molar-refractivity contribution in [3.05, 3.63) is 59.7 Å². The second-order valence-corrected chi connectivity index (χ2v) is 8.15. The van der Waals surface area contributed by atoms with Crippen LogP contribution >= 0.6 is 0 Å². The largest absolute Gasteiger partial charge is 0.478 e. The summed E-state index contributed by atoms with van der Waals surface area (Å²) in [5, 5.41) is 9.44. The fourth-order valence-electron chi connectivity index (χ4n) is 4.73. The third-order valence-corrected chi connectivity index (χ3v) is 6.33. The quantitative estimate of drug-likeness (QED) is 0.832. The van der Waals surface area contributed by atoms with Crippen molar-refractivity contribution in [2.75, 3.05) is 26.2 Å². The number of piperazine rings is 1. The van der Waals surface area contributed by atoms with E-state index >= 15 is 0 Å². The Morgan fingerprint density at radius 1 is 0.929 bits per heavy atom. The van der Waals surface area contributed by atoms with E-state index in [1.807, 2.05) is 30.3 Å². The van der Waals surface area contributed by atoms with Gasteiger partial charge in [0.15, 0.2) is 0 Å². The third kappa shape index (κ3) is 4.45. The number of hydrogen-bond acceptors (Lipinski definition) is 3. The van der Waals surface area contributed by atoms with Gasteiger partial charge >= 0.3 is 5.97 Å². The Labute approximate surface area is 167 Å². The Morgan fingerprint density at radius 3 is 2.32 bits per heavy atom. The molecule has 2 aromatic rings. The van der Waals surface area contributed by atoms with Crippen LogP contribution in [0.3, 0.4) is 0 Å². The molecular weight excluding hydrogens is 348 g/mol. The molecule has 2 fully saturated rings. The van der Waals surface area contributed by atoms with Gasteiger partial charge in [-0.15, -0.1) is 0 Å². The number of carboxylic acid groups (broad SMARTS) is 1. The lowest BCUT2D eigenvalue weighted by Crippen LogP contribution is -2.50. The van der Waals surface area contributed by atoms with Crippen molar-refractivity contribution in [2.24, 2.45) is 0 Å². The highest BCUT2D eigenvalue weighted by Gasteiger charge is 2.25. The molecule has 148 valence electrons. The van der Waals surface area contributed by atoms with Gasteiger partial charge in [0, 0.05) is 38.8 Å². The standard InChI is InChI=1S/C24H30N2O2/c27-24(28)20-11-12-23(19-7-3-1-4-8-19)21(17-20)18-25-13-15-26(16-14-25)22-9-5-2-6-10-22/h1,3-4,7-8,11-12,17,22H,2,5-6,9-10,13-16,18H2,(H,27,28). The van der Waals surface area contributed by atoms with Gasteiger partial charge in [-0.05, 0) is 41.7 Å². The van der Waals surface area contributed by atoms with E-state index in [0.717, 1.165) is 55.5 Å². The minimum atomic E-state index is -0.858. The van der Waals surface area contributed by atoms with E-state index < -0.39 is 5.97 Å². The van der Waals surface area contributed by atoms with E-state index in [4.69, 9.17) is 0 Å². The van der Waals surface area contributed by atoms with Gasteiger partial charge in [0.1, 0.15) is 0 Å². The molecule has 4 rings (SSSR count). The van der Waals surface area contributed by atoms with Crippen LogP contribution in [0.1, 0.15) is 48.0 Å². The maximum Gasteiger partial charge on any atom is 0.335 e. The molecule has 0 aromatic heterocycles. The van der Waals surface area contributed by atoms with Crippen molar-refractivity contribution in [3.8, 4) is 11.1 Å². The fraction of sp³-hybridized carbons (Fsp3) is 0.458. The van der Waals surface area contributed by atoms with Crippen LogP contribution in [0.5, 0.6) is 0 Å². The molecule has 0 bridgehead atoms. The van der Waals surface area contributed by atoms with Crippen LogP contribution in [0.2, 0.25) is 0 Å². The summed E-state index contributed by atoms with van der Waals surface area (Å²) in [6.07, 6.45) is 6.89. The first-order valence-corrected chi connectivity index (χ1v) is 10.6. The molecule has 2 aromatic carbocycles. The third-order valence-electron chi connectivity index (χ3n) is 6.33. The molecular formula is C24H30N2O2. The average molecular weight is 379 g/mol. The number of benzene rings is 2. The highest BCUT2D eigenvalue weighted by atomic mass is 16.4. The fourth-order valence-corrected chi connectivity index (χ4v) is 4.73. The SMILES string of the molecule is O=C(O)c1ccc(-c2ccccc2)c(CN2CCN(C3CCCCC3)CC2)c1. The Balaban J connectivity index is 1.48. The monoisotopic (exact) mass is 378 g/mol. The molecule has 0 radical (unpaired) electrons. The summed E-state index contributed by atoms with van der Waals surface area (Å²) < 4.78 is 0. The first-order valence-electron chi connectivity index (χ1n) is 10.6. The zero-order chi connectivity index (χ0) is 19.3. The summed E-state index contributed by atoms with van der Waals surface area (Å²) in [7, 11) is 0. The van der Waals surface area contributed by atoms with Crippen LogP contribution in [0.15, 0.2) is 48.5 Å². The molecule has 4 heteroatoms. The predicted molar refractivity (Wildman–Crippen MR) is 113 cm³/mol. The van der Waals surface area contributed by atoms with Crippen molar-refractivity contribution in [1.29, 1.82) is 0 Å². The van der Waals surface area contributed by atoms with Crippen molar-refractivity contribution in [3.63, 3.8) is 0 Å². The first-order chi connectivity index (χ1) is 13.7. The van der Waals surface area contributed by atoms with Crippen LogP contribution < -0.4 is 0 Å². The van der Waals surface area contributed by atoms with Gasteiger partial charge in [-0.3, -0.25) is 9.80 Å². The van der Waals surface area contributed by atoms with E-state index in [1.54, 1.807) is 6.07 Å². The van der Waals surface area contributed by atoms with Crippen molar-refractivity contribution >= 4 is 5.97 Å². The molecule has 0 spiro atoms. The lowest BCUT2D eigenvalue weighted by atomic mass is 9.93. The van der Waals surface area contributed by atoms with Crippen LogP contribution in [-0.4, -0.2) is 53.1 Å². The molecule has 4 nitrogen and oxygen atoms in total. The number of carboxylic acids is 1. The highest BCUT2D eigenvalue weighted by Crippen LogP contribution is 2.28. The summed E-state index contributed by atoms with van der Waals surface area (Å²) >= 11 is 0. The Kier molecular flexibility index (Phi) is 6.08. The highest BCUT2D eigenvalue weighted by molar-refractivity contribution is 5.89. The molecule has 0 atom stereocenters. The zero-order valence-corrected chi connectivity index (χ0v) is 16.5. The van der Waals surface area contributed by atoms with Crippen molar-refractivity contribution in [1.82, 2.24) is 9.80 Å². The van der Waals surface area contributed by atoms with E-state index in [1.165, 1.54) is 32.1 Å². The summed E-state index contributed by atoms with van der Waals surface area (Å²) in [5.74, 6) is -0.858. The van der Waals surface area contributed by atoms with Crippen LogP contribution in [0.25, 0.3) is 11.1 Å². The van der Waals surface area contributed by atoms with Crippen LogP contribution in [0.4, 0.5) is 0 Å². The lowest BCUT2D eigenvalue weighted by molar-refractivity contribution is 0.0695. The number of hydrogen-bond donors (Lipinski definition) is 1. The Bertz CT molecular complexity index is 792. The van der Waals surface area contributed by atoms with Gasteiger partial charge in [0.2, 0.25) is 0 Å². The number of carbonyl (C=O) groups is 1. The van der Waals surface area contributed by atoms with E-state index in [-0.39, 0.29) is 0 Å². The number of rotatable bonds is 5. The summed E-state index contributed by atoms with van der Waals surface area (Å²) in [6.45, 7) is 5.18. The second kappa shape index (κ2) is 8.89. The van der Waals surface area contributed by atoms with Crippen LogP contribution in [-0.2, 0) is 6.54 Å². The van der Waals surface area contributed by atoms with Gasteiger partial charge < -0.3 is 5.11 Å². The topological polar surface area (TPSA) is 43.8 Å². The minimum Gasteiger partial charge on any atom is -0.478 e. The number of nitrogens with zero attached hydrogens (tertiary/aromatic N) is 2. The van der Waals surface area contributed by atoms with E-state index in [2.05, 4.69) is 21.9 Å². The molecule has 1 N–H and O–H groups in total. The van der Waals surface area contributed by atoms with Gasteiger partial charge in [0.05, 0.1) is 5.56 Å². The Hall–Kier alpha value is -2.17. The molecule has 1 aliphatic carbocycles. The zero-order valence-electron chi connectivity index (χ0n) is 16.5. The molecule has 2 aliphatic rings. The summed E-state index contributed by atoms with van der Waals surface area (Å²) in [5.41, 5.74) is 3.77. The van der Waals surface area contributed by atoms with Crippen molar-refractivity contribution in [2.45, 2.75) is 44.7 Å². The maximum absolute atomic E-state index is 11.5. The van der Waals surface area contributed by atoms with Gasteiger partial charge in [0.25, 0.3) is 0 Å². The second-order valence-electron chi connectivity index (χ2n) is 8.15. The normalized spacial score (nSPS) is 19.6. The summed E-state index contributed by atoms with van der Waals surface area (Å²) in [6, 6.07) is 16.6. The molecule has 1 saturated carbocycles. The average Bonchev–Trinajstić information content (AvgIpc) is 2.75. The molecule has 1 aliphatic heterocycles. The minimum absolute atomic E-state index is 0.371. The Morgan fingerprint density at radius 2 is 1.64 bits per heavy atom. The molecule has 1 heterocycles. The van der Waals surface area contributed by atoms with Crippen molar-refractivity contribution < 1.29 is 9.90 Å². The molecule has 28 heavy (non-hydrogen) atoms. The first kappa shape index (κ1) is 19.2. The molecule has 0 amide bonds. The predicted octanol–water partition coefficient (Wildman–Crippen LogP) is 4.50. The summed E-state index contributed by atoms with van der Waals surface area (Å²) in [4.78, 5) is 16.7. The lowest BCUT2D eigenvalue weighted by Gasteiger charge is -2.41. The molecule has 1 saturated heterocycles. The van der Waals surface area contributed by atoms with Gasteiger partial charge in [-0.1, -0.05) is 55.7 Å². The van der Waals surface area contributed by atoms with Crippen LogP contribution in [0, 0.1) is 0 Å². The van der Waals surface area contributed by atoms with E-state index in [0.29, 0.717) is 5.56 Å². The van der Waals surface area contributed by atoms with E-state index in [9.17, 15) is 9.90 Å². The maximum atomic E-state index is 11.5. The smallest absolute Gasteiger partial charge is 0.335 e.